The second kappa shape index (κ2) is 7.20. The molecular weight excluding hydrogens is 372 g/mol. The van der Waals surface area contributed by atoms with Gasteiger partial charge in [-0.1, -0.05) is 33.3 Å². The number of esters is 1. The molecule has 166 valence electrons. The minimum atomic E-state index is 0.0212. The van der Waals surface area contributed by atoms with Crippen LogP contribution in [0, 0.1) is 46.3 Å². The number of cyclic esters (lactones) is 1. The van der Waals surface area contributed by atoms with E-state index in [-0.39, 0.29) is 23.4 Å². The van der Waals surface area contributed by atoms with E-state index in [2.05, 4.69) is 20.8 Å². The average Bonchev–Trinajstić information content (AvgIpc) is 3.07. The van der Waals surface area contributed by atoms with Gasteiger partial charge in [0.05, 0.1) is 5.92 Å². The van der Waals surface area contributed by atoms with Crippen LogP contribution >= 0.6 is 0 Å². The molecule has 4 aliphatic carbocycles. The van der Waals surface area contributed by atoms with Crippen LogP contribution in [0.2, 0.25) is 0 Å². The fourth-order valence-corrected chi connectivity index (χ4v) is 8.95. The molecule has 0 aromatic carbocycles. The Morgan fingerprint density at radius 2 is 1.77 bits per heavy atom. The van der Waals surface area contributed by atoms with Crippen molar-refractivity contribution in [2.24, 2.45) is 46.3 Å². The number of carbonyl (C=O) groups is 2. The van der Waals surface area contributed by atoms with E-state index in [9.17, 15) is 9.59 Å². The molecule has 5 aliphatic rings. The van der Waals surface area contributed by atoms with E-state index in [1.165, 1.54) is 37.7 Å². The Morgan fingerprint density at radius 1 is 0.967 bits per heavy atom. The molecule has 0 spiro atoms. The highest BCUT2D eigenvalue weighted by Gasteiger charge is 2.60. The highest BCUT2D eigenvalue weighted by Crippen LogP contribution is 2.67. The Labute approximate surface area is 182 Å². The Balaban J connectivity index is 1.36. The van der Waals surface area contributed by atoms with Crippen molar-refractivity contribution in [3.8, 4) is 0 Å². The lowest BCUT2D eigenvalue weighted by atomic mass is 9.46. The summed E-state index contributed by atoms with van der Waals surface area (Å²) in [5, 5.41) is 0. The first-order valence-electron chi connectivity index (χ1n) is 12.7. The van der Waals surface area contributed by atoms with E-state index >= 15 is 0 Å². The molecular formula is C27H40O3. The Hall–Kier alpha value is -1.12. The van der Waals surface area contributed by atoms with Gasteiger partial charge in [0.25, 0.3) is 0 Å². The van der Waals surface area contributed by atoms with Crippen LogP contribution in [0.1, 0.15) is 91.9 Å². The molecule has 0 aromatic rings. The Morgan fingerprint density at radius 3 is 2.53 bits per heavy atom. The number of carbonyl (C=O) groups excluding carboxylic acids is 2. The Kier molecular flexibility index (Phi) is 4.99. The molecule has 0 aromatic heterocycles. The maximum absolute atomic E-state index is 12.2. The fraction of sp³-hybridized carbons (Fsp3) is 0.852. The quantitative estimate of drug-likeness (QED) is 0.514. The van der Waals surface area contributed by atoms with Gasteiger partial charge in [0.15, 0.2) is 5.78 Å². The topological polar surface area (TPSA) is 43.4 Å². The normalized spacial score (nSPS) is 49.4. The van der Waals surface area contributed by atoms with Crippen LogP contribution in [0.15, 0.2) is 11.6 Å². The fourth-order valence-electron chi connectivity index (χ4n) is 8.95. The van der Waals surface area contributed by atoms with Gasteiger partial charge in [0, 0.05) is 6.42 Å². The summed E-state index contributed by atoms with van der Waals surface area (Å²) in [7, 11) is 0. The minimum Gasteiger partial charge on any atom is -0.462 e. The number of ether oxygens (including phenoxy) is 1. The molecule has 0 N–H and O–H groups in total. The molecule has 1 saturated heterocycles. The third-order valence-electron chi connectivity index (χ3n) is 10.8. The maximum Gasteiger partial charge on any atom is 0.308 e. The zero-order valence-electron chi connectivity index (χ0n) is 19.4. The van der Waals surface area contributed by atoms with Crippen molar-refractivity contribution in [3.05, 3.63) is 11.6 Å². The van der Waals surface area contributed by atoms with Crippen LogP contribution in [-0.4, -0.2) is 17.9 Å². The lowest BCUT2D eigenvalue weighted by Gasteiger charge is -2.58. The molecule has 0 amide bonds. The zero-order valence-corrected chi connectivity index (χ0v) is 19.4. The summed E-state index contributed by atoms with van der Waals surface area (Å²) in [6.45, 7) is 9.42. The Bertz CT molecular complexity index is 768. The standard InChI is InChI=1S/C27H40O3/c1-16-5-10-24(30-25(16)29)17(2)21-8-9-22-20-7-6-18-15-19(28)11-13-26(18,3)23(20)12-14-27(21,22)4/h15-17,20-24H,5-14H2,1-4H3/t16?,17-,20?,21+,22?,23?,24?,26-,27+/m0/s1. The maximum atomic E-state index is 12.2. The lowest BCUT2D eigenvalue weighted by molar-refractivity contribution is -0.166. The number of ketones is 1. The molecule has 4 fully saturated rings. The molecule has 30 heavy (non-hydrogen) atoms. The molecule has 9 atom stereocenters. The van der Waals surface area contributed by atoms with Gasteiger partial charge < -0.3 is 4.74 Å². The van der Waals surface area contributed by atoms with E-state index in [1.807, 2.05) is 13.0 Å². The van der Waals surface area contributed by atoms with Crippen LogP contribution in [0.4, 0.5) is 0 Å². The summed E-state index contributed by atoms with van der Waals surface area (Å²) in [6, 6.07) is 0. The van der Waals surface area contributed by atoms with Gasteiger partial charge in [0.1, 0.15) is 6.10 Å². The van der Waals surface area contributed by atoms with Crippen molar-refractivity contribution in [1.29, 1.82) is 0 Å². The van der Waals surface area contributed by atoms with Crippen molar-refractivity contribution in [2.45, 2.75) is 98.0 Å². The van der Waals surface area contributed by atoms with Gasteiger partial charge >= 0.3 is 5.97 Å². The van der Waals surface area contributed by atoms with Gasteiger partial charge in [-0.05, 0) is 104 Å². The predicted octanol–water partition coefficient (Wildman–Crippen LogP) is 6.11. The summed E-state index contributed by atoms with van der Waals surface area (Å²) in [4.78, 5) is 24.3. The zero-order chi connectivity index (χ0) is 21.3. The molecule has 3 heteroatoms. The van der Waals surface area contributed by atoms with Crippen molar-refractivity contribution in [2.75, 3.05) is 0 Å². The molecule has 3 nitrogen and oxygen atoms in total. The van der Waals surface area contributed by atoms with Crippen molar-refractivity contribution < 1.29 is 14.3 Å². The van der Waals surface area contributed by atoms with Crippen LogP contribution < -0.4 is 0 Å². The van der Waals surface area contributed by atoms with Crippen LogP contribution in [0.3, 0.4) is 0 Å². The van der Waals surface area contributed by atoms with Gasteiger partial charge in [-0.3, -0.25) is 9.59 Å². The molecule has 0 bridgehead atoms. The largest absolute Gasteiger partial charge is 0.462 e. The number of allylic oxidation sites excluding steroid dienone is 1. The molecule has 3 saturated carbocycles. The van der Waals surface area contributed by atoms with Gasteiger partial charge in [-0.2, -0.15) is 0 Å². The van der Waals surface area contributed by atoms with Crippen molar-refractivity contribution in [1.82, 2.24) is 0 Å². The van der Waals surface area contributed by atoms with E-state index in [1.54, 1.807) is 0 Å². The average molecular weight is 413 g/mol. The first kappa shape index (κ1) is 20.8. The van der Waals surface area contributed by atoms with Crippen LogP contribution in [0.25, 0.3) is 0 Å². The third kappa shape index (κ3) is 2.97. The molecule has 5 rings (SSSR count). The monoisotopic (exact) mass is 412 g/mol. The van der Waals surface area contributed by atoms with Gasteiger partial charge in [-0.25, -0.2) is 0 Å². The smallest absolute Gasteiger partial charge is 0.308 e. The van der Waals surface area contributed by atoms with E-state index in [4.69, 9.17) is 4.74 Å². The first-order valence-corrected chi connectivity index (χ1v) is 12.7. The summed E-state index contributed by atoms with van der Waals surface area (Å²) in [6.07, 6.45) is 13.6. The van der Waals surface area contributed by atoms with Gasteiger partial charge in [-0.15, -0.1) is 0 Å². The first-order chi connectivity index (χ1) is 14.2. The molecule has 1 heterocycles. The highest BCUT2D eigenvalue weighted by atomic mass is 16.5. The highest BCUT2D eigenvalue weighted by molar-refractivity contribution is 5.91. The van der Waals surface area contributed by atoms with Gasteiger partial charge in [0.2, 0.25) is 0 Å². The summed E-state index contributed by atoms with van der Waals surface area (Å²) in [5.74, 6) is 3.96. The second-order valence-electron chi connectivity index (χ2n) is 12.0. The van der Waals surface area contributed by atoms with Crippen LogP contribution in [0.5, 0.6) is 0 Å². The summed E-state index contributed by atoms with van der Waals surface area (Å²) >= 11 is 0. The van der Waals surface area contributed by atoms with Crippen LogP contribution in [-0.2, 0) is 14.3 Å². The molecule has 0 radical (unpaired) electrons. The van der Waals surface area contributed by atoms with E-state index < -0.39 is 0 Å². The second-order valence-corrected chi connectivity index (χ2v) is 12.0. The van der Waals surface area contributed by atoms with E-state index in [0.29, 0.717) is 23.0 Å². The van der Waals surface area contributed by atoms with Crippen molar-refractivity contribution in [3.63, 3.8) is 0 Å². The summed E-state index contributed by atoms with van der Waals surface area (Å²) < 4.78 is 5.92. The predicted molar refractivity (Wildman–Crippen MR) is 118 cm³/mol. The number of hydrogen-bond acceptors (Lipinski definition) is 3. The van der Waals surface area contributed by atoms with Crippen molar-refractivity contribution >= 4 is 11.8 Å². The van der Waals surface area contributed by atoms with E-state index in [0.717, 1.165) is 49.9 Å². The number of rotatable bonds is 2. The number of hydrogen-bond donors (Lipinski definition) is 0. The molecule has 5 unspecified atom stereocenters. The number of fused-ring (bicyclic) bond motifs is 5. The minimum absolute atomic E-state index is 0.0212. The lowest BCUT2D eigenvalue weighted by Crippen LogP contribution is -2.51. The summed E-state index contributed by atoms with van der Waals surface area (Å²) in [5.41, 5.74) is 2.12. The molecule has 1 aliphatic heterocycles. The SMILES string of the molecule is CC1CCC([C@@H](C)[C@H]2CCC3C4CCC5=CC(=O)CC[C@]5(C)C4CC[C@@]32C)OC1=O. The third-order valence-corrected chi connectivity index (χ3v) is 10.8.